The first-order chi connectivity index (χ1) is 21.4. The van der Waals surface area contributed by atoms with Crippen LogP contribution in [0.15, 0.2) is 60.8 Å². The molecular formula is C31H40N6O8. The number of carbonyl (C=O) groups excluding carboxylic acids is 4. The van der Waals surface area contributed by atoms with Crippen molar-refractivity contribution in [3.63, 3.8) is 0 Å². The molecule has 10 N–H and O–H groups in total. The molecule has 0 radical (unpaired) electrons. The molecule has 0 saturated carbocycles. The lowest BCUT2D eigenvalue weighted by Crippen LogP contribution is -2.60. The lowest BCUT2D eigenvalue weighted by Gasteiger charge is -2.26. The lowest BCUT2D eigenvalue weighted by molar-refractivity contribution is -0.143. The van der Waals surface area contributed by atoms with Gasteiger partial charge < -0.3 is 47.3 Å². The Morgan fingerprint density at radius 2 is 1.29 bits per heavy atom. The summed E-state index contributed by atoms with van der Waals surface area (Å²) in [6.07, 6.45) is 1.67. The minimum atomic E-state index is -1.49. The number of hydrogen-bond acceptors (Lipinski definition) is 8. The minimum Gasteiger partial charge on any atom is -0.480 e. The van der Waals surface area contributed by atoms with Crippen LogP contribution in [-0.4, -0.2) is 93.3 Å². The van der Waals surface area contributed by atoms with Crippen molar-refractivity contribution < 1.29 is 39.3 Å². The van der Waals surface area contributed by atoms with Gasteiger partial charge in [0, 0.05) is 29.9 Å². The second-order valence-corrected chi connectivity index (χ2v) is 11.0. The average molecular weight is 625 g/mol. The zero-order chi connectivity index (χ0) is 33.1. The van der Waals surface area contributed by atoms with Gasteiger partial charge in [-0.05, 0) is 23.1 Å². The van der Waals surface area contributed by atoms with Gasteiger partial charge >= 0.3 is 5.97 Å². The number of H-pyrrole nitrogens is 1. The molecule has 0 bridgehead atoms. The second kappa shape index (κ2) is 16.3. The van der Waals surface area contributed by atoms with E-state index in [1.165, 1.54) is 0 Å². The van der Waals surface area contributed by atoms with Crippen molar-refractivity contribution in [1.29, 1.82) is 0 Å². The topological polar surface area (TPSA) is 236 Å². The summed E-state index contributed by atoms with van der Waals surface area (Å²) in [4.78, 5) is 67.6. The van der Waals surface area contributed by atoms with Crippen molar-refractivity contribution in [3.8, 4) is 0 Å². The van der Waals surface area contributed by atoms with Crippen LogP contribution in [0.5, 0.6) is 0 Å². The van der Waals surface area contributed by atoms with Crippen molar-refractivity contribution in [3.05, 3.63) is 71.9 Å². The first-order valence-electron chi connectivity index (χ1n) is 14.5. The zero-order valence-corrected chi connectivity index (χ0v) is 25.0. The Hall–Kier alpha value is -4.79. The SMILES string of the molecule is CC(C)[C@H](NC(=O)[C@H](Cc1c[nH]c2ccccc12)NC(=O)[C@H](Cc1ccccc1)NC(=O)[C@H](CO)NC(=O)[C@@H](N)CO)C(=O)O. The number of para-hydroxylation sites is 1. The summed E-state index contributed by atoms with van der Waals surface area (Å²) >= 11 is 0. The van der Waals surface area contributed by atoms with Gasteiger partial charge in [0.2, 0.25) is 23.6 Å². The third-order valence-corrected chi connectivity index (χ3v) is 7.23. The summed E-state index contributed by atoms with van der Waals surface area (Å²) in [7, 11) is 0. The van der Waals surface area contributed by atoms with E-state index < -0.39 is 78.9 Å². The van der Waals surface area contributed by atoms with E-state index in [0.29, 0.717) is 11.1 Å². The van der Waals surface area contributed by atoms with Crippen molar-refractivity contribution in [1.82, 2.24) is 26.3 Å². The first kappa shape index (κ1) is 34.7. The molecule has 0 aliphatic heterocycles. The normalized spacial score (nSPS) is 14.5. The molecule has 0 spiro atoms. The molecular weight excluding hydrogens is 584 g/mol. The third-order valence-electron chi connectivity index (χ3n) is 7.23. The zero-order valence-electron chi connectivity index (χ0n) is 25.0. The van der Waals surface area contributed by atoms with Gasteiger partial charge in [0.25, 0.3) is 0 Å². The lowest BCUT2D eigenvalue weighted by atomic mass is 10.00. The van der Waals surface area contributed by atoms with Gasteiger partial charge in [0.15, 0.2) is 0 Å². The van der Waals surface area contributed by atoms with E-state index in [-0.39, 0.29) is 12.8 Å². The number of benzene rings is 2. The number of aromatic amines is 1. The Morgan fingerprint density at radius 1 is 0.733 bits per heavy atom. The van der Waals surface area contributed by atoms with Crippen LogP contribution in [0.2, 0.25) is 0 Å². The van der Waals surface area contributed by atoms with Gasteiger partial charge in [-0.3, -0.25) is 19.2 Å². The molecule has 2 aromatic carbocycles. The van der Waals surface area contributed by atoms with Gasteiger partial charge in [-0.2, -0.15) is 0 Å². The van der Waals surface area contributed by atoms with E-state index in [9.17, 15) is 34.2 Å². The number of aliphatic hydroxyl groups excluding tert-OH is 2. The number of carbonyl (C=O) groups is 5. The van der Waals surface area contributed by atoms with E-state index in [0.717, 1.165) is 10.9 Å². The number of rotatable bonds is 16. The molecule has 5 atom stereocenters. The monoisotopic (exact) mass is 624 g/mol. The highest BCUT2D eigenvalue weighted by Gasteiger charge is 2.33. The number of nitrogens with one attached hydrogen (secondary N) is 5. The predicted octanol–water partition coefficient (Wildman–Crippen LogP) is -1.06. The maximum Gasteiger partial charge on any atom is 0.326 e. The minimum absolute atomic E-state index is 0.00754. The Kier molecular flexibility index (Phi) is 12.6. The van der Waals surface area contributed by atoms with Gasteiger partial charge in [0.05, 0.1) is 13.2 Å². The summed E-state index contributed by atoms with van der Waals surface area (Å²) in [6.45, 7) is 1.76. The number of aliphatic hydroxyl groups is 2. The molecule has 0 aliphatic carbocycles. The Labute approximate surface area is 259 Å². The van der Waals surface area contributed by atoms with Crippen LogP contribution in [-0.2, 0) is 36.8 Å². The van der Waals surface area contributed by atoms with Crippen molar-refractivity contribution in [2.24, 2.45) is 11.7 Å². The highest BCUT2D eigenvalue weighted by molar-refractivity contribution is 5.96. The van der Waals surface area contributed by atoms with Gasteiger partial charge in [-0.1, -0.05) is 62.4 Å². The Bertz CT molecular complexity index is 1480. The van der Waals surface area contributed by atoms with Gasteiger partial charge in [-0.15, -0.1) is 0 Å². The molecule has 4 amide bonds. The van der Waals surface area contributed by atoms with Crippen molar-refractivity contribution in [2.75, 3.05) is 13.2 Å². The molecule has 0 unspecified atom stereocenters. The number of nitrogens with two attached hydrogens (primary N) is 1. The Morgan fingerprint density at radius 3 is 1.89 bits per heavy atom. The number of aromatic nitrogens is 1. The quantitative estimate of drug-likeness (QED) is 0.0943. The average Bonchev–Trinajstić information content (AvgIpc) is 3.43. The third kappa shape index (κ3) is 9.60. The number of fused-ring (bicyclic) bond motifs is 1. The van der Waals surface area contributed by atoms with E-state index >= 15 is 0 Å². The van der Waals surface area contributed by atoms with E-state index in [4.69, 9.17) is 10.8 Å². The standard InChI is InChI=1S/C31H40N6O8/c1-17(2)26(31(44)45)37-29(42)24(13-19-14-33-22-11-7-6-10-20(19)22)35-28(41)23(12-18-8-4-3-5-9-18)34-30(43)25(16-39)36-27(40)21(32)15-38/h3-11,14,17,21,23-26,33,38-39H,12-13,15-16,32H2,1-2H3,(H,34,43)(H,35,41)(H,36,40)(H,37,42)(H,44,45)/t21-,23-,24-,25-,26-/m0/s1. The molecule has 0 aliphatic rings. The molecule has 14 heteroatoms. The maximum atomic E-state index is 13.8. The highest BCUT2D eigenvalue weighted by atomic mass is 16.4. The number of amides is 4. The fraction of sp³-hybridized carbons (Fsp3) is 0.387. The molecule has 3 rings (SSSR count). The molecule has 0 saturated heterocycles. The van der Waals surface area contributed by atoms with Crippen LogP contribution in [0.3, 0.4) is 0 Å². The molecule has 14 nitrogen and oxygen atoms in total. The number of aliphatic carboxylic acids is 1. The Balaban J connectivity index is 1.91. The van der Waals surface area contributed by atoms with Crippen LogP contribution in [0, 0.1) is 5.92 Å². The molecule has 0 fully saturated rings. The van der Waals surface area contributed by atoms with E-state index in [1.54, 1.807) is 50.4 Å². The fourth-order valence-electron chi connectivity index (χ4n) is 4.66. The smallest absolute Gasteiger partial charge is 0.326 e. The number of carboxylic acid groups (broad SMARTS) is 1. The summed E-state index contributed by atoms with van der Waals surface area (Å²) < 4.78 is 0. The van der Waals surface area contributed by atoms with Crippen LogP contribution in [0.4, 0.5) is 0 Å². The van der Waals surface area contributed by atoms with E-state index in [1.807, 2.05) is 24.3 Å². The van der Waals surface area contributed by atoms with Crippen molar-refractivity contribution >= 4 is 40.5 Å². The molecule has 3 aromatic rings. The largest absolute Gasteiger partial charge is 0.480 e. The first-order valence-corrected chi connectivity index (χ1v) is 14.5. The van der Waals surface area contributed by atoms with E-state index in [2.05, 4.69) is 26.3 Å². The van der Waals surface area contributed by atoms with Crippen LogP contribution >= 0.6 is 0 Å². The fourth-order valence-corrected chi connectivity index (χ4v) is 4.66. The summed E-state index contributed by atoms with van der Waals surface area (Å²) in [5, 5.41) is 39.3. The van der Waals surface area contributed by atoms with Gasteiger partial charge in [0.1, 0.15) is 30.2 Å². The van der Waals surface area contributed by atoms with Crippen molar-refractivity contribution in [2.45, 2.75) is 56.9 Å². The summed E-state index contributed by atoms with van der Waals surface area (Å²) in [5.41, 5.74) is 7.65. The maximum absolute atomic E-state index is 13.8. The molecule has 1 heterocycles. The summed E-state index contributed by atoms with van der Waals surface area (Å²) in [6, 6.07) is 9.49. The number of carboxylic acids is 1. The van der Waals surface area contributed by atoms with Gasteiger partial charge in [-0.25, -0.2) is 4.79 Å². The van der Waals surface area contributed by atoms with Crippen LogP contribution in [0.1, 0.15) is 25.0 Å². The van der Waals surface area contributed by atoms with Crippen LogP contribution in [0.25, 0.3) is 10.9 Å². The molecule has 1 aromatic heterocycles. The predicted molar refractivity (Wildman–Crippen MR) is 164 cm³/mol. The summed E-state index contributed by atoms with van der Waals surface area (Å²) in [5.74, 6) is -4.98. The number of hydrogen-bond donors (Lipinski definition) is 9. The highest BCUT2D eigenvalue weighted by Crippen LogP contribution is 2.19. The molecule has 242 valence electrons. The second-order valence-electron chi connectivity index (χ2n) is 11.0. The molecule has 45 heavy (non-hydrogen) atoms. The van der Waals surface area contributed by atoms with Crippen LogP contribution < -0.4 is 27.0 Å².